The van der Waals surface area contributed by atoms with Crippen molar-refractivity contribution in [3.8, 4) is 0 Å². The molecule has 0 spiro atoms. The van der Waals surface area contributed by atoms with Gasteiger partial charge in [0.25, 0.3) is 5.89 Å². The minimum Gasteiger partial charge on any atom is -0.419 e. The van der Waals surface area contributed by atoms with Gasteiger partial charge in [-0.2, -0.15) is 0 Å². The Labute approximate surface area is 106 Å². The highest BCUT2D eigenvalue weighted by Gasteiger charge is 2.18. The first-order chi connectivity index (χ1) is 8.76. The zero-order valence-corrected chi connectivity index (χ0v) is 10.5. The number of allylic oxidation sites excluding steroid dienone is 4. The number of nitrogens with zero attached hydrogens (tertiary/aromatic N) is 2. The molecule has 0 aliphatic heterocycles. The molecule has 0 bridgehead atoms. The molecule has 0 saturated carbocycles. The lowest BCUT2D eigenvalue weighted by molar-refractivity contribution is 0.460. The normalized spacial score (nSPS) is 19.6. The predicted molar refractivity (Wildman–Crippen MR) is 69.2 cm³/mol. The van der Waals surface area contributed by atoms with E-state index < -0.39 is 0 Å². The number of aromatic nitrogens is 2. The van der Waals surface area contributed by atoms with Gasteiger partial charge in [-0.1, -0.05) is 24.3 Å². The molecule has 0 aromatic carbocycles. The van der Waals surface area contributed by atoms with Crippen molar-refractivity contribution in [3.63, 3.8) is 0 Å². The van der Waals surface area contributed by atoms with Gasteiger partial charge in [0.15, 0.2) is 0 Å². The molecular formula is C12H17N5O. The molecule has 0 saturated heterocycles. The van der Waals surface area contributed by atoms with Gasteiger partial charge in [-0.05, 0) is 6.42 Å². The van der Waals surface area contributed by atoms with Gasteiger partial charge in [0, 0.05) is 14.1 Å². The van der Waals surface area contributed by atoms with Crippen LogP contribution < -0.4 is 16.4 Å². The fraction of sp³-hybridized carbons (Fsp3) is 0.333. The molecule has 1 aromatic rings. The van der Waals surface area contributed by atoms with E-state index in [1.807, 2.05) is 18.2 Å². The molecule has 0 fully saturated rings. The predicted octanol–water partition coefficient (Wildman–Crippen LogP) is 0.693. The fourth-order valence-corrected chi connectivity index (χ4v) is 1.73. The Bertz CT molecular complexity index is 500. The largest absolute Gasteiger partial charge is 0.419 e. The zero-order valence-electron chi connectivity index (χ0n) is 10.5. The Kier molecular flexibility index (Phi) is 3.66. The van der Waals surface area contributed by atoms with E-state index in [1.54, 1.807) is 14.1 Å². The Balaban J connectivity index is 2.24. The van der Waals surface area contributed by atoms with Gasteiger partial charge in [-0.15, -0.1) is 10.2 Å². The SMILES string of the molecule is CN/C(N)=C(\NC)c1nnc(C2C=CC=CC2)o1. The van der Waals surface area contributed by atoms with Crippen LogP contribution >= 0.6 is 0 Å². The second-order valence-electron chi connectivity index (χ2n) is 3.89. The maximum Gasteiger partial charge on any atom is 0.267 e. The van der Waals surface area contributed by atoms with E-state index >= 15 is 0 Å². The standard InChI is InChI=1S/C12H17N5O/c1-14-9(10(13)15-2)12-17-16-11(18-12)8-6-4-3-5-7-8/h3-6,8,14-15H,7,13H2,1-2H3/b10-9-. The lowest BCUT2D eigenvalue weighted by Crippen LogP contribution is -2.22. The third-order valence-electron chi connectivity index (χ3n) is 2.74. The van der Waals surface area contributed by atoms with E-state index in [-0.39, 0.29) is 5.92 Å². The summed E-state index contributed by atoms with van der Waals surface area (Å²) in [4.78, 5) is 0. The summed E-state index contributed by atoms with van der Waals surface area (Å²) in [5.74, 6) is 1.60. The first kappa shape index (κ1) is 12.2. The van der Waals surface area contributed by atoms with E-state index in [2.05, 4.69) is 26.9 Å². The molecule has 96 valence electrons. The second-order valence-corrected chi connectivity index (χ2v) is 3.89. The number of hydrogen-bond acceptors (Lipinski definition) is 6. The van der Waals surface area contributed by atoms with Crippen LogP contribution in [0.5, 0.6) is 0 Å². The van der Waals surface area contributed by atoms with Gasteiger partial charge in [0.2, 0.25) is 5.89 Å². The Morgan fingerprint density at radius 1 is 1.33 bits per heavy atom. The van der Waals surface area contributed by atoms with Crippen LogP contribution in [0.2, 0.25) is 0 Å². The molecule has 0 amide bonds. The zero-order chi connectivity index (χ0) is 13.0. The van der Waals surface area contributed by atoms with Gasteiger partial charge in [-0.3, -0.25) is 0 Å². The molecule has 1 atom stereocenters. The smallest absolute Gasteiger partial charge is 0.267 e. The maximum absolute atomic E-state index is 5.80. The van der Waals surface area contributed by atoms with E-state index in [9.17, 15) is 0 Å². The molecule has 1 unspecified atom stereocenters. The summed E-state index contributed by atoms with van der Waals surface area (Å²) in [6, 6.07) is 0. The van der Waals surface area contributed by atoms with Crippen molar-refractivity contribution in [3.05, 3.63) is 41.9 Å². The van der Waals surface area contributed by atoms with Crippen molar-refractivity contribution in [2.45, 2.75) is 12.3 Å². The number of hydrogen-bond donors (Lipinski definition) is 3. The third-order valence-corrected chi connectivity index (χ3v) is 2.74. The number of rotatable bonds is 4. The van der Waals surface area contributed by atoms with Gasteiger partial charge < -0.3 is 20.8 Å². The molecule has 6 heteroatoms. The Morgan fingerprint density at radius 2 is 2.17 bits per heavy atom. The maximum atomic E-state index is 5.80. The highest BCUT2D eigenvalue weighted by Crippen LogP contribution is 2.24. The van der Waals surface area contributed by atoms with Crippen LogP contribution in [0.15, 0.2) is 34.5 Å². The van der Waals surface area contributed by atoms with Crippen molar-refractivity contribution in [1.29, 1.82) is 0 Å². The average Bonchev–Trinajstić information content (AvgIpc) is 2.90. The lowest BCUT2D eigenvalue weighted by Gasteiger charge is -2.08. The van der Waals surface area contributed by atoms with Gasteiger partial charge in [0.1, 0.15) is 11.5 Å². The molecule has 1 aliphatic rings. The molecule has 6 nitrogen and oxygen atoms in total. The van der Waals surface area contributed by atoms with Crippen molar-refractivity contribution in [1.82, 2.24) is 20.8 Å². The first-order valence-corrected chi connectivity index (χ1v) is 5.78. The van der Waals surface area contributed by atoms with Crippen LogP contribution in [0.1, 0.15) is 24.1 Å². The average molecular weight is 247 g/mol. The summed E-state index contributed by atoms with van der Waals surface area (Å²) in [6.45, 7) is 0. The van der Waals surface area contributed by atoms with Gasteiger partial charge in [-0.25, -0.2) is 0 Å². The minimum absolute atomic E-state index is 0.144. The van der Waals surface area contributed by atoms with Gasteiger partial charge in [0.05, 0.1) is 5.92 Å². The van der Waals surface area contributed by atoms with Crippen molar-refractivity contribution < 1.29 is 4.42 Å². The topological polar surface area (TPSA) is 89.0 Å². The number of nitrogens with one attached hydrogen (secondary N) is 2. The Morgan fingerprint density at radius 3 is 2.78 bits per heavy atom. The van der Waals surface area contributed by atoms with E-state index in [0.29, 0.717) is 23.3 Å². The van der Waals surface area contributed by atoms with Crippen LogP contribution in [-0.2, 0) is 0 Å². The van der Waals surface area contributed by atoms with Crippen LogP contribution in [-0.4, -0.2) is 24.3 Å². The number of nitrogens with two attached hydrogens (primary N) is 1. The monoisotopic (exact) mass is 247 g/mol. The van der Waals surface area contributed by atoms with E-state index in [4.69, 9.17) is 10.2 Å². The third kappa shape index (κ3) is 2.37. The highest BCUT2D eigenvalue weighted by molar-refractivity contribution is 5.58. The summed E-state index contributed by atoms with van der Waals surface area (Å²) >= 11 is 0. The van der Waals surface area contributed by atoms with Crippen molar-refractivity contribution >= 4 is 5.70 Å². The van der Waals surface area contributed by atoms with Crippen LogP contribution in [0.4, 0.5) is 0 Å². The fourth-order valence-electron chi connectivity index (χ4n) is 1.73. The van der Waals surface area contributed by atoms with Crippen molar-refractivity contribution in [2.24, 2.45) is 5.73 Å². The van der Waals surface area contributed by atoms with E-state index in [0.717, 1.165) is 6.42 Å². The minimum atomic E-state index is 0.144. The summed E-state index contributed by atoms with van der Waals surface area (Å²) in [6.07, 6.45) is 8.98. The molecule has 1 heterocycles. The van der Waals surface area contributed by atoms with Crippen LogP contribution in [0.25, 0.3) is 5.70 Å². The summed E-state index contributed by atoms with van der Waals surface area (Å²) in [5, 5.41) is 13.9. The van der Waals surface area contributed by atoms with Crippen LogP contribution in [0.3, 0.4) is 0 Å². The van der Waals surface area contributed by atoms with Crippen LogP contribution in [0, 0.1) is 0 Å². The molecule has 1 aliphatic carbocycles. The summed E-state index contributed by atoms with van der Waals surface area (Å²) in [5.41, 5.74) is 6.40. The lowest BCUT2D eigenvalue weighted by atomic mass is 10.0. The van der Waals surface area contributed by atoms with Crippen molar-refractivity contribution in [2.75, 3.05) is 14.1 Å². The quantitative estimate of drug-likeness (QED) is 0.725. The molecule has 2 rings (SSSR count). The molecule has 1 aromatic heterocycles. The molecule has 4 N–H and O–H groups in total. The highest BCUT2D eigenvalue weighted by atomic mass is 16.4. The van der Waals surface area contributed by atoms with Gasteiger partial charge >= 0.3 is 0 Å². The molecule has 18 heavy (non-hydrogen) atoms. The first-order valence-electron chi connectivity index (χ1n) is 5.78. The Hall–Kier alpha value is -2.24. The summed E-state index contributed by atoms with van der Waals surface area (Å²) < 4.78 is 5.65. The molecular weight excluding hydrogens is 230 g/mol. The second kappa shape index (κ2) is 5.39. The van der Waals surface area contributed by atoms with E-state index in [1.165, 1.54) is 0 Å². The molecule has 0 radical (unpaired) electrons. The summed E-state index contributed by atoms with van der Waals surface area (Å²) in [7, 11) is 3.49.